The van der Waals surface area contributed by atoms with E-state index >= 15 is 0 Å². The lowest BCUT2D eigenvalue weighted by molar-refractivity contribution is 0.585. The fraction of sp³-hybridized carbons (Fsp3) is 0.235. The normalized spacial score (nSPS) is 14.8. The molecule has 6 nitrogen and oxygen atoms in total. The van der Waals surface area contributed by atoms with Gasteiger partial charge in [0.05, 0.1) is 17.3 Å². The van der Waals surface area contributed by atoms with Gasteiger partial charge in [0.2, 0.25) is 0 Å². The molecule has 1 saturated heterocycles. The maximum absolute atomic E-state index is 9.04. The van der Waals surface area contributed by atoms with Crippen molar-refractivity contribution in [2.45, 2.75) is 0 Å². The van der Waals surface area contributed by atoms with Crippen molar-refractivity contribution in [3.8, 4) is 17.2 Å². The summed E-state index contributed by atoms with van der Waals surface area (Å²) in [5.41, 5.74) is 3.48. The minimum atomic E-state index is 0.587. The summed E-state index contributed by atoms with van der Waals surface area (Å²) in [5, 5.41) is 16.6. The fourth-order valence-corrected chi connectivity index (χ4v) is 2.88. The summed E-state index contributed by atoms with van der Waals surface area (Å²) in [4.78, 5) is 6.88. The minimum absolute atomic E-state index is 0.587. The van der Waals surface area contributed by atoms with Gasteiger partial charge in [0.15, 0.2) is 0 Å². The fourth-order valence-electron chi connectivity index (χ4n) is 2.88. The van der Waals surface area contributed by atoms with Crippen molar-refractivity contribution in [1.29, 1.82) is 5.26 Å². The number of rotatable bonds is 2. The Labute approximate surface area is 134 Å². The molecule has 6 heteroatoms. The largest absolute Gasteiger partial charge is 0.354 e. The van der Waals surface area contributed by atoms with Crippen molar-refractivity contribution in [2.24, 2.45) is 0 Å². The maximum atomic E-state index is 9.04. The molecular formula is C17H16N6. The highest BCUT2D eigenvalue weighted by atomic mass is 15.2. The van der Waals surface area contributed by atoms with Gasteiger partial charge in [-0.25, -0.2) is 9.50 Å². The van der Waals surface area contributed by atoms with Crippen LogP contribution in [-0.4, -0.2) is 40.8 Å². The van der Waals surface area contributed by atoms with E-state index in [1.165, 1.54) is 0 Å². The molecule has 4 rings (SSSR count). The molecule has 23 heavy (non-hydrogen) atoms. The summed E-state index contributed by atoms with van der Waals surface area (Å²) in [5.74, 6) is 1.02. The Bertz CT molecular complexity index is 868. The molecule has 0 aromatic carbocycles. The highest BCUT2D eigenvalue weighted by Crippen LogP contribution is 2.22. The van der Waals surface area contributed by atoms with Crippen LogP contribution in [0.3, 0.4) is 0 Å². The summed E-state index contributed by atoms with van der Waals surface area (Å²) < 4.78 is 1.73. The number of nitrogens with one attached hydrogen (secondary N) is 1. The topological polar surface area (TPSA) is 69.2 Å². The van der Waals surface area contributed by atoms with E-state index in [4.69, 9.17) is 5.26 Å². The second kappa shape index (κ2) is 5.71. The molecule has 1 N–H and O–H groups in total. The zero-order valence-corrected chi connectivity index (χ0v) is 12.6. The molecule has 1 aliphatic rings. The number of aromatic nitrogens is 3. The first-order chi connectivity index (χ1) is 11.3. The number of fused-ring (bicyclic) bond motifs is 1. The molecule has 1 aliphatic heterocycles. The standard InChI is InChI=1S/C17H16N6/c18-9-15-11-21-23-12-14(1-3-16(15)23)13-2-4-17(20-10-13)22-7-5-19-6-8-22/h1-4,10-12,19H,5-8H2. The van der Waals surface area contributed by atoms with Gasteiger partial charge >= 0.3 is 0 Å². The van der Waals surface area contributed by atoms with E-state index < -0.39 is 0 Å². The summed E-state index contributed by atoms with van der Waals surface area (Å²) >= 11 is 0. The maximum Gasteiger partial charge on any atom is 0.128 e. The van der Waals surface area contributed by atoms with Crippen LogP contribution in [0.15, 0.2) is 42.9 Å². The number of nitrogens with zero attached hydrogens (tertiary/aromatic N) is 5. The molecule has 0 atom stereocenters. The summed E-state index contributed by atoms with van der Waals surface area (Å²) in [6.07, 6.45) is 5.41. The number of piperazine rings is 1. The van der Waals surface area contributed by atoms with E-state index in [0.717, 1.165) is 48.6 Å². The van der Waals surface area contributed by atoms with E-state index in [1.54, 1.807) is 10.7 Å². The average Bonchev–Trinajstić information content (AvgIpc) is 3.05. The molecule has 114 valence electrons. The van der Waals surface area contributed by atoms with E-state index in [1.807, 2.05) is 24.5 Å². The van der Waals surface area contributed by atoms with Crippen molar-refractivity contribution in [3.63, 3.8) is 0 Å². The second-order valence-corrected chi connectivity index (χ2v) is 5.56. The van der Waals surface area contributed by atoms with E-state index in [2.05, 4.69) is 38.5 Å². The number of hydrogen-bond acceptors (Lipinski definition) is 5. The summed E-state index contributed by atoms with van der Waals surface area (Å²) in [6, 6.07) is 10.2. The Hall–Kier alpha value is -2.91. The van der Waals surface area contributed by atoms with Gasteiger partial charge in [0.1, 0.15) is 11.9 Å². The van der Waals surface area contributed by atoms with Gasteiger partial charge in [0, 0.05) is 49.7 Å². The molecule has 4 heterocycles. The van der Waals surface area contributed by atoms with Crippen LogP contribution in [0.4, 0.5) is 5.82 Å². The molecule has 0 amide bonds. The average molecular weight is 304 g/mol. The molecule has 0 spiro atoms. The van der Waals surface area contributed by atoms with Crippen molar-refractivity contribution < 1.29 is 0 Å². The second-order valence-electron chi connectivity index (χ2n) is 5.56. The molecule has 0 radical (unpaired) electrons. The van der Waals surface area contributed by atoms with Gasteiger partial charge < -0.3 is 10.2 Å². The first kappa shape index (κ1) is 13.7. The highest BCUT2D eigenvalue weighted by molar-refractivity contribution is 5.68. The van der Waals surface area contributed by atoms with Crippen molar-refractivity contribution >= 4 is 11.3 Å². The SMILES string of the molecule is N#Cc1cnn2cc(-c3ccc(N4CCNCC4)nc3)ccc12. The predicted molar refractivity (Wildman–Crippen MR) is 88.2 cm³/mol. The van der Waals surface area contributed by atoms with Gasteiger partial charge in [-0.05, 0) is 18.2 Å². The van der Waals surface area contributed by atoms with Gasteiger partial charge in [-0.15, -0.1) is 0 Å². The molecular weight excluding hydrogens is 288 g/mol. The van der Waals surface area contributed by atoms with Crippen molar-refractivity contribution in [2.75, 3.05) is 31.1 Å². The summed E-state index contributed by atoms with van der Waals surface area (Å²) in [6.45, 7) is 3.98. The minimum Gasteiger partial charge on any atom is -0.354 e. The molecule has 3 aromatic rings. The zero-order valence-electron chi connectivity index (χ0n) is 12.6. The molecule has 1 fully saturated rings. The van der Waals surface area contributed by atoms with Crippen LogP contribution >= 0.6 is 0 Å². The van der Waals surface area contributed by atoms with E-state index in [9.17, 15) is 0 Å². The van der Waals surface area contributed by atoms with Crippen LogP contribution in [0, 0.1) is 11.3 Å². The van der Waals surface area contributed by atoms with Crippen molar-refractivity contribution in [3.05, 3.63) is 48.4 Å². The number of pyridine rings is 2. The third-order valence-electron chi connectivity index (χ3n) is 4.16. The summed E-state index contributed by atoms with van der Waals surface area (Å²) in [7, 11) is 0. The number of hydrogen-bond donors (Lipinski definition) is 1. The Morgan fingerprint density at radius 1 is 1.04 bits per heavy atom. The first-order valence-electron chi connectivity index (χ1n) is 7.65. The zero-order chi connectivity index (χ0) is 15.6. The Morgan fingerprint density at radius 2 is 1.87 bits per heavy atom. The van der Waals surface area contributed by atoms with Crippen LogP contribution in [0.2, 0.25) is 0 Å². The predicted octanol–water partition coefficient (Wildman–Crippen LogP) is 1.68. The number of anilines is 1. The molecule has 0 bridgehead atoms. The lowest BCUT2D eigenvalue weighted by atomic mass is 10.1. The van der Waals surface area contributed by atoms with E-state index in [0.29, 0.717) is 5.56 Å². The third kappa shape index (κ3) is 2.51. The van der Waals surface area contributed by atoms with Crippen LogP contribution < -0.4 is 10.2 Å². The molecule has 3 aromatic heterocycles. The van der Waals surface area contributed by atoms with Crippen LogP contribution in [-0.2, 0) is 0 Å². The van der Waals surface area contributed by atoms with Crippen molar-refractivity contribution in [1.82, 2.24) is 19.9 Å². The lowest BCUT2D eigenvalue weighted by Crippen LogP contribution is -2.43. The Kier molecular flexibility index (Phi) is 3.41. The van der Waals surface area contributed by atoms with Gasteiger partial charge in [-0.1, -0.05) is 6.07 Å². The van der Waals surface area contributed by atoms with Gasteiger partial charge in [-0.2, -0.15) is 10.4 Å². The number of nitriles is 1. The highest BCUT2D eigenvalue weighted by Gasteiger charge is 2.12. The molecule has 0 saturated carbocycles. The quantitative estimate of drug-likeness (QED) is 0.780. The first-order valence-corrected chi connectivity index (χ1v) is 7.65. The molecule has 0 unspecified atom stereocenters. The smallest absolute Gasteiger partial charge is 0.128 e. The Morgan fingerprint density at radius 3 is 2.61 bits per heavy atom. The van der Waals surface area contributed by atoms with Gasteiger partial charge in [0.25, 0.3) is 0 Å². The third-order valence-corrected chi connectivity index (χ3v) is 4.16. The van der Waals surface area contributed by atoms with Crippen LogP contribution in [0.25, 0.3) is 16.6 Å². The van der Waals surface area contributed by atoms with Gasteiger partial charge in [-0.3, -0.25) is 0 Å². The van der Waals surface area contributed by atoms with Crippen LogP contribution in [0.5, 0.6) is 0 Å². The van der Waals surface area contributed by atoms with Crippen LogP contribution in [0.1, 0.15) is 5.56 Å². The van der Waals surface area contributed by atoms with E-state index in [-0.39, 0.29) is 0 Å². The monoisotopic (exact) mass is 304 g/mol. The molecule has 0 aliphatic carbocycles. The Balaban J connectivity index is 1.64. The lowest BCUT2D eigenvalue weighted by Gasteiger charge is -2.28.